The number of nitrogens with one attached hydrogen (secondary N) is 1. The van der Waals surface area contributed by atoms with E-state index in [9.17, 15) is 0 Å². The van der Waals surface area contributed by atoms with Crippen LogP contribution in [-0.2, 0) is 7.05 Å². The summed E-state index contributed by atoms with van der Waals surface area (Å²) in [6, 6.07) is 8.45. The molecule has 1 N–H and O–H groups in total. The van der Waals surface area contributed by atoms with Crippen molar-refractivity contribution in [3.63, 3.8) is 0 Å². The van der Waals surface area contributed by atoms with E-state index >= 15 is 0 Å². The van der Waals surface area contributed by atoms with E-state index in [-0.39, 0.29) is 0 Å². The average molecular weight is 211 g/mol. The second-order valence-electron chi connectivity index (χ2n) is 3.93. The highest BCUT2D eigenvalue weighted by molar-refractivity contribution is 6.08. The number of aromatic nitrogens is 2. The Morgan fingerprint density at radius 1 is 1.12 bits per heavy atom. The number of rotatable bonds is 1. The highest BCUT2D eigenvalue weighted by atomic mass is 14.9. The molecule has 0 bridgehead atoms. The summed E-state index contributed by atoms with van der Waals surface area (Å²) in [6.07, 6.45) is 3.76. The molecule has 0 saturated heterocycles. The van der Waals surface area contributed by atoms with Gasteiger partial charge in [0.25, 0.3) is 0 Å². The van der Waals surface area contributed by atoms with E-state index < -0.39 is 0 Å². The van der Waals surface area contributed by atoms with Crippen molar-refractivity contribution in [1.82, 2.24) is 9.55 Å². The number of fused-ring (bicyclic) bond motifs is 3. The molecule has 0 saturated carbocycles. The molecule has 0 spiro atoms. The molecule has 0 amide bonds. The molecule has 0 aliphatic rings. The average Bonchev–Trinajstić information content (AvgIpc) is 2.64. The molecule has 3 aromatic rings. The summed E-state index contributed by atoms with van der Waals surface area (Å²) in [5.74, 6) is 0. The van der Waals surface area contributed by atoms with Crippen LogP contribution in [0.5, 0.6) is 0 Å². The molecule has 2 heterocycles. The van der Waals surface area contributed by atoms with Crippen LogP contribution in [0.15, 0.2) is 36.7 Å². The van der Waals surface area contributed by atoms with Gasteiger partial charge in [0.2, 0.25) is 0 Å². The van der Waals surface area contributed by atoms with Gasteiger partial charge >= 0.3 is 0 Å². The van der Waals surface area contributed by atoms with Crippen LogP contribution in [0.25, 0.3) is 21.8 Å². The molecule has 3 rings (SSSR count). The topological polar surface area (TPSA) is 29.9 Å². The Morgan fingerprint density at radius 3 is 2.81 bits per heavy atom. The number of aryl methyl sites for hydroxylation is 1. The van der Waals surface area contributed by atoms with Crippen LogP contribution in [0.4, 0.5) is 5.69 Å². The molecule has 0 atom stereocenters. The lowest BCUT2D eigenvalue weighted by atomic mass is 10.2. The fourth-order valence-corrected chi connectivity index (χ4v) is 2.21. The molecule has 0 aliphatic carbocycles. The molecular weight excluding hydrogens is 198 g/mol. The minimum absolute atomic E-state index is 1.13. The number of pyridine rings is 1. The monoisotopic (exact) mass is 211 g/mol. The molecule has 0 radical (unpaired) electrons. The van der Waals surface area contributed by atoms with Gasteiger partial charge in [0.05, 0.1) is 11.0 Å². The van der Waals surface area contributed by atoms with Gasteiger partial charge in [-0.05, 0) is 18.2 Å². The predicted octanol–water partition coefficient (Wildman–Crippen LogP) is 2.77. The van der Waals surface area contributed by atoms with E-state index in [1.54, 1.807) is 0 Å². The first-order chi connectivity index (χ1) is 7.81. The van der Waals surface area contributed by atoms with E-state index in [0.29, 0.717) is 0 Å². The van der Waals surface area contributed by atoms with Gasteiger partial charge in [-0.3, -0.25) is 4.98 Å². The lowest BCUT2D eigenvalue weighted by Crippen LogP contribution is -1.90. The lowest BCUT2D eigenvalue weighted by molar-refractivity contribution is 1.01. The van der Waals surface area contributed by atoms with Crippen LogP contribution in [-0.4, -0.2) is 16.6 Å². The Bertz CT molecular complexity index is 667. The van der Waals surface area contributed by atoms with E-state index in [1.807, 2.05) is 25.5 Å². The first-order valence-corrected chi connectivity index (χ1v) is 5.31. The first kappa shape index (κ1) is 9.21. The quantitative estimate of drug-likeness (QED) is 0.670. The molecule has 0 unspecified atom stereocenters. The Balaban J connectivity index is 2.51. The maximum Gasteiger partial charge on any atom is 0.0519 e. The molecular formula is C13H13N3. The Morgan fingerprint density at radius 2 is 2.00 bits per heavy atom. The van der Waals surface area contributed by atoms with Crippen LogP contribution in [0, 0.1) is 0 Å². The molecule has 3 nitrogen and oxygen atoms in total. The molecule has 3 heteroatoms. The van der Waals surface area contributed by atoms with E-state index in [1.165, 1.54) is 21.8 Å². The minimum atomic E-state index is 1.13. The van der Waals surface area contributed by atoms with Gasteiger partial charge in [-0.1, -0.05) is 6.07 Å². The third-order valence-corrected chi connectivity index (χ3v) is 3.10. The Labute approximate surface area is 93.7 Å². The number of hydrogen-bond acceptors (Lipinski definition) is 2. The Kier molecular flexibility index (Phi) is 1.86. The third kappa shape index (κ3) is 1.11. The summed E-state index contributed by atoms with van der Waals surface area (Å²) < 4.78 is 2.20. The maximum absolute atomic E-state index is 4.19. The van der Waals surface area contributed by atoms with Gasteiger partial charge in [-0.2, -0.15) is 0 Å². The van der Waals surface area contributed by atoms with Crippen LogP contribution in [0.3, 0.4) is 0 Å². The largest absolute Gasteiger partial charge is 0.388 e. The van der Waals surface area contributed by atoms with E-state index in [0.717, 1.165) is 5.69 Å². The number of hydrogen-bond donors (Lipinski definition) is 1. The number of anilines is 1. The first-order valence-electron chi connectivity index (χ1n) is 5.31. The predicted molar refractivity (Wildman–Crippen MR) is 67.8 cm³/mol. The summed E-state index contributed by atoms with van der Waals surface area (Å²) in [5.41, 5.74) is 3.58. The van der Waals surface area contributed by atoms with Crippen molar-refractivity contribution in [3.8, 4) is 0 Å². The van der Waals surface area contributed by atoms with Crippen LogP contribution >= 0.6 is 0 Å². The molecule has 16 heavy (non-hydrogen) atoms. The van der Waals surface area contributed by atoms with E-state index in [4.69, 9.17) is 0 Å². The van der Waals surface area contributed by atoms with Crippen LogP contribution in [0.2, 0.25) is 0 Å². The smallest absolute Gasteiger partial charge is 0.0519 e. The normalized spacial score (nSPS) is 11.1. The highest BCUT2D eigenvalue weighted by Crippen LogP contribution is 2.28. The molecule has 0 fully saturated rings. The Hall–Kier alpha value is -2.03. The summed E-state index contributed by atoms with van der Waals surface area (Å²) in [4.78, 5) is 4.19. The second-order valence-corrected chi connectivity index (χ2v) is 3.93. The summed E-state index contributed by atoms with van der Waals surface area (Å²) >= 11 is 0. The van der Waals surface area contributed by atoms with Gasteiger partial charge in [0.15, 0.2) is 0 Å². The minimum Gasteiger partial charge on any atom is -0.388 e. The van der Waals surface area contributed by atoms with Gasteiger partial charge < -0.3 is 9.88 Å². The summed E-state index contributed by atoms with van der Waals surface area (Å²) in [5, 5.41) is 5.63. The molecule has 1 aromatic carbocycles. The fraction of sp³-hybridized carbons (Fsp3) is 0.154. The van der Waals surface area contributed by atoms with Crippen molar-refractivity contribution in [2.45, 2.75) is 0 Å². The van der Waals surface area contributed by atoms with Crippen molar-refractivity contribution in [3.05, 3.63) is 36.7 Å². The number of nitrogens with zero attached hydrogens (tertiary/aromatic N) is 2. The zero-order valence-electron chi connectivity index (χ0n) is 9.36. The van der Waals surface area contributed by atoms with Crippen molar-refractivity contribution < 1.29 is 0 Å². The lowest BCUT2D eigenvalue weighted by Gasteiger charge is -2.01. The van der Waals surface area contributed by atoms with Crippen molar-refractivity contribution >= 4 is 27.5 Å². The SMILES string of the molecule is CNc1ccc2c3cnccc3n(C)c2c1. The highest BCUT2D eigenvalue weighted by Gasteiger charge is 2.07. The van der Waals surface area contributed by atoms with Crippen molar-refractivity contribution in [2.75, 3.05) is 12.4 Å². The van der Waals surface area contributed by atoms with Crippen LogP contribution < -0.4 is 5.32 Å². The molecule has 2 aromatic heterocycles. The second kappa shape index (κ2) is 3.23. The number of benzene rings is 1. The van der Waals surface area contributed by atoms with Crippen molar-refractivity contribution in [1.29, 1.82) is 0 Å². The van der Waals surface area contributed by atoms with Gasteiger partial charge in [-0.15, -0.1) is 0 Å². The summed E-state index contributed by atoms with van der Waals surface area (Å²) in [7, 11) is 4.02. The van der Waals surface area contributed by atoms with Crippen molar-refractivity contribution in [2.24, 2.45) is 7.05 Å². The van der Waals surface area contributed by atoms with Gasteiger partial charge in [-0.25, -0.2) is 0 Å². The zero-order valence-corrected chi connectivity index (χ0v) is 9.36. The van der Waals surface area contributed by atoms with Gasteiger partial charge in [0, 0.05) is 42.9 Å². The zero-order chi connectivity index (χ0) is 11.1. The maximum atomic E-state index is 4.19. The molecule has 80 valence electrons. The molecule has 0 aliphatic heterocycles. The third-order valence-electron chi connectivity index (χ3n) is 3.10. The van der Waals surface area contributed by atoms with E-state index in [2.05, 4.69) is 40.1 Å². The van der Waals surface area contributed by atoms with Gasteiger partial charge in [0.1, 0.15) is 0 Å². The van der Waals surface area contributed by atoms with Crippen LogP contribution in [0.1, 0.15) is 0 Å². The standard InChI is InChI=1S/C13H13N3/c1-14-9-3-4-10-11-8-15-6-5-12(11)16(2)13(10)7-9/h3-8,14H,1-2H3. The summed E-state index contributed by atoms with van der Waals surface area (Å²) in [6.45, 7) is 0. The fourth-order valence-electron chi connectivity index (χ4n) is 2.21.